The van der Waals surface area contributed by atoms with Crippen molar-refractivity contribution in [3.8, 4) is 17.0 Å². The SMILES string of the molecule is CC(C)CC(OCc1nc(-c2ccc3ncnc(Nc4ccc(OCc5cccc(F)c5)c(Br)c4)c3c2)cs1)=S(=O)=O. The maximum Gasteiger partial charge on any atom is 0.240 e. The molecular weight excluding hydrogens is 643 g/mol. The highest BCUT2D eigenvalue weighted by atomic mass is 79.9. The molecule has 0 fully saturated rings. The predicted octanol–water partition coefficient (Wildman–Crippen LogP) is 7.55. The summed E-state index contributed by atoms with van der Waals surface area (Å²) in [5.41, 5.74) is 3.88. The molecule has 42 heavy (non-hydrogen) atoms. The number of hydrogen-bond acceptors (Lipinski definition) is 9. The molecule has 3 aromatic carbocycles. The third-order valence-electron chi connectivity index (χ3n) is 6.08. The molecule has 2 heterocycles. The maximum absolute atomic E-state index is 13.5. The Kier molecular flexibility index (Phi) is 9.58. The van der Waals surface area contributed by atoms with Gasteiger partial charge in [0.15, 0.2) is 5.05 Å². The maximum atomic E-state index is 13.5. The first-order valence-corrected chi connectivity index (χ1v) is 15.7. The molecule has 12 heteroatoms. The fourth-order valence-corrected chi connectivity index (χ4v) is 5.93. The van der Waals surface area contributed by atoms with E-state index in [-0.39, 0.29) is 30.0 Å². The van der Waals surface area contributed by atoms with Crippen LogP contribution < -0.4 is 10.1 Å². The van der Waals surface area contributed by atoms with E-state index in [0.29, 0.717) is 23.0 Å². The topological polar surface area (TPSA) is 103 Å². The minimum absolute atomic E-state index is 0.0399. The Morgan fingerprint density at radius 1 is 1.07 bits per heavy atom. The van der Waals surface area contributed by atoms with Crippen LogP contribution >= 0.6 is 27.3 Å². The van der Waals surface area contributed by atoms with Crippen LogP contribution in [0.1, 0.15) is 30.8 Å². The average molecular weight is 670 g/mol. The van der Waals surface area contributed by atoms with Gasteiger partial charge in [-0.05, 0) is 69.9 Å². The number of fused-ring (bicyclic) bond motifs is 1. The number of thiazole rings is 1. The molecule has 0 saturated carbocycles. The van der Waals surface area contributed by atoms with Gasteiger partial charge < -0.3 is 14.8 Å². The first-order chi connectivity index (χ1) is 20.2. The van der Waals surface area contributed by atoms with Crippen molar-refractivity contribution in [2.24, 2.45) is 5.92 Å². The summed E-state index contributed by atoms with van der Waals surface area (Å²) in [6.07, 6.45) is 1.84. The Hall–Kier alpha value is -3.71. The van der Waals surface area contributed by atoms with E-state index in [1.807, 2.05) is 61.7 Å². The molecule has 0 aliphatic heterocycles. The number of benzene rings is 3. The van der Waals surface area contributed by atoms with Crippen molar-refractivity contribution >= 4 is 65.0 Å². The molecule has 5 aromatic rings. The lowest BCUT2D eigenvalue weighted by molar-refractivity contribution is 0.286. The second kappa shape index (κ2) is 13.5. The van der Waals surface area contributed by atoms with Crippen molar-refractivity contribution in [3.05, 3.63) is 93.2 Å². The number of anilines is 2. The highest BCUT2D eigenvalue weighted by Gasteiger charge is 2.13. The number of nitrogens with one attached hydrogen (secondary N) is 1. The average Bonchev–Trinajstić information content (AvgIpc) is 3.44. The normalized spacial score (nSPS) is 11.2. The van der Waals surface area contributed by atoms with Crippen LogP contribution in [0.15, 0.2) is 76.8 Å². The van der Waals surface area contributed by atoms with Gasteiger partial charge in [-0.15, -0.1) is 11.3 Å². The van der Waals surface area contributed by atoms with Crippen molar-refractivity contribution in [2.75, 3.05) is 5.32 Å². The summed E-state index contributed by atoms with van der Waals surface area (Å²) in [5.74, 6) is 1.10. The van der Waals surface area contributed by atoms with Crippen LogP contribution in [0.2, 0.25) is 0 Å². The molecule has 8 nitrogen and oxygen atoms in total. The van der Waals surface area contributed by atoms with E-state index in [1.54, 1.807) is 6.07 Å². The summed E-state index contributed by atoms with van der Waals surface area (Å²) in [4.78, 5) is 13.5. The van der Waals surface area contributed by atoms with Gasteiger partial charge in [0.25, 0.3) is 0 Å². The molecule has 0 spiro atoms. The molecule has 5 rings (SSSR count). The largest absolute Gasteiger partial charge is 0.488 e. The van der Waals surface area contributed by atoms with E-state index in [9.17, 15) is 12.8 Å². The van der Waals surface area contributed by atoms with Crippen LogP contribution in [0.25, 0.3) is 22.2 Å². The third kappa shape index (κ3) is 7.57. The van der Waals surface area contributed by atoms with Crippen LogP contribution in [0.5, 0.6) is 5.75 Å². The van der Waals surface area contributed by atoms with E-state index >= 15 is 0 Å². The van der Waals surface area contributed by atoms with Crippen LogP contribution in [0, 0.1) is 11.7 Å². The number of nitrogens with zero attached hydrogens (tertiary/aromatic N) is 3. The Balaban J connectivity index is 1.31. The number of ether oxygens (including phenoxy) is 2. The highest BCUT2D eigenvalue weighted by molar-refractivity contribution is 9.10. The van der Waals surface area contributed by atoms with Crippen molar-refractivity contribution in [2.45, 2.75) is 33.5 Å². The van der Waals surface area contributed by atoms with Crippen LogP contribution in [-0.4, -0.2) is 28.4 Å². The Morgan fingerprint density at radius 3 is 2.69 bits per heavy atom. The summed E-state index contributed by atoms with van der Waals surface area (Å²) in [5, 5.41) is 6.78. The van der Waals surface area contributed by atoms with Gasteiger partial charge in [0, 0.05) is 28.4 Å². The fourth-order valence-electron chi connectivity index (χ4n) is 4.10. The molecule has 0 radical (unpaired) electrons. The van der Waals surface area contributed by atoms with Crippen LogP contribution in [-0.2, 0) is 28.2 Å². The monoisotopic (exact) mass is 668 g/mol. The highest BCUT2D eigenvalue weighted by Crippen LogP contribution is 2.33. The molecule has 2 aromatic heterocycles. The van der Waals surface area contributed by atoms with E-state index in [4.69, 9.17) is 9.47 Å². The number of hydrogen-bond donors (Lipinski definition) is 1. The van der Waals surface area contributed by atoms with Gasteiger partial charge in [-0.25, -0.2) is 19.3 Å². The molecule has 0 saturated heterocycles. The summed E-state index contributed by atoms with van der Waals surface area (Å²) >= 11 is 4.96. The molecule has 0 unspecified atom stereocenters. The summed E-state index contributed by atoms with van der Waals surface area (Å²) in [6.45, 7) is 4.19. The van der Waals surface area contributed by atoms with Crippen molar-refractivity contribution in [1.29, 1.82) is 0 Å². The Morgan fingerprint density at radius 2 is 1.93 bits per heavy atom. The summed E-state index contributed by atoms with van der Waals surface area (Å²) < 4.78 is 48.6. The lowest BCUT2D eigenvalue weighted by Crippen LogP contribution is -2.09. The molecule has 216 valence electrons. The standard InChI is InChI=1S/C30H26BrFN4O4S2/c1-18(2)10-29(42(37)38)40-15-28-36-26(16-41-28)20-6-8-25-23(12-20)30(34-17-33-25)35-22-7-9-27(24(31)13-22)39-14-19-4-3-5-21(32)11-19/h3-9,11-13,16-18H,10,14-15H2,1-2H3,(H,33,34,35). The van der Waals surface area contributed by atoms with E-state index in [1.165, 1.54) is 29.8 Å². The zero-order valence-corrected chi connectivity index (χ0v) is 25.9. The van der Waals surface area contributed by atoms with Crippen molar-refractivity contribution in [3.63, 3.8) is 0 Å². The van der Waals surface area contributed by atoms with E-state index in [0.717, 1.165) is 37.9 Å². The van der Waals surface area contributed by atoms with Gasteiger partial charge in [0.2, 0.25) is 10.3 Å². The van der Waals surface area contributed by atoms with E-state index < -0.39 is 10.3 Å². The lowest BCUT2D eigenvalue weighted by atomic mass is 10.1. The second-order valence-corrected chi connectivity index (χ2v) is 12.5. The minimum Gasteiger partial charge on any atom is -0.488 e. The third-order valence-corrected chi connectivity index (χ3v) is 8.18. The first-order valence-electron chi connectivity index (χ1n) is 13.0. The van der Waals surface area contributed by atoms with Gasteiger partial charge in [-0.3, -0.25) is 0 Å². The zero-order valence-electron chi connectivity index (χ0n) is 22.7. The van der Waals surface area contributed by atoms with E-state index in [2.05, 4.69) is 36.2 Å². The van der Waals surface area contributed by atoms with Gasteiger partial charge in [-0.1, -0.05) is 32.0 Å². The molecule has 0 atom stereocenters. The number of rotatable bonds is 10. The van der Waals surface area contributed by atoms with Crippen LogP contribution in [0.4, 0.5) is 15.9 Å². The minimum atomic E-state index is -2.40. The molecular formula is C30H26BrFN4O4S2. The van der Waals surface area contributed by atoms with Gasteiger partial charge in [0.05, 0.1) is 15.7 Å². The van der Waals surface area contributed by atoms with Gasteiger partial charge >= 0.3 is 0 Å². The second-order valence-electron chi connectivity index (χ2n) is 9.76. The fraction of sp³-hybridized carbons (Fsp3) is 0.200. The Labute approximate surface area is 256 Å². The smallest absolute Gasteiger partial charge is 0.240 e. The molecule has 0 amide bonds. The number of aromatic nitrogens is 3. The summed E-state index contributed by atoms with van der Waals surface area (Å²) in [6, 6.07) is 17.7. The predicted molar refractivity (Wildman–Crippen MR) is 167 cm³/mol. The van der Waals surface area contributed by atoms with Crippen LogP contribution in [0.3, 0.4) is 0 Å². The van der Waals surface area contributed by atoms with Gasteiger partial charge in [0.1, 0.15) is 41.9 Å². The van der Waals surface area contributed by atoms with Crippen molar-refractivity contribution in [1.82, 2.24) is 15.0 Å². The Bertz CT molecular complexity index is 1870. The molecule has 0 bridgehead atoms. The number of halogens is 2. The zero-order chi connectivity index (χ0) is 29.6. The quantitative estimate of drug-likeness (QED) is 0.152. The molecule has 0 aliphatic rings. The molecule has 0 aliphatic carbocycles. The molecule has 1 N–H and O–H groups in total. The van der Waals surface area contributed by atoms with Crippen molar-refractivity contribution < 1.29 is 22.3 Å². The summed E-state index contributed by atoms with van der Waals surface area (Å²) in [7, 11) is -2.40. The first kappa shape index (κ1) is 29.8. The lowest BCUT2D eigenvalue weighted by Gasteiger charge is -2.12. The van der Waals surface area contributed by atoms with Gasteiger partial charge in [-0.2, -0.15) is 8.42 Å².